The van der Waals surface area contributed by atoms with E-state index in [9.17, 15) is 14.4 Å². The number of rotatable bonds is 2. The summed E-state index contributed by atoms with van der Waals surface area (Å²) in [5.41, 5.74) is 5.64. The van der Waals surface area contributed by atoms with Crippen LogP contribution in [0, 0.1) is 18.8 Å². The first-order valence-electron chi connectivity index (χ1n) is 10.4. The van der Waals surface area contributed by atoms with Crippen LogP contribution >= 0.6 is 0 Å². The average Bonchev–Trinajstić information content (AvgIpc) is 3.05. The summed E-state index contributed by atoms with van der Waals surface area (Å²) in [6.45, 7) is 1.92. The quantitative estimate of drug-likeness (QED) is 0.601. The van der Waals surface area contributed by atoms with Gasteiger partial charge in [0.1, 0.15) is 0 Å². The summed E-state index contributed by atoms with van der Waals surface area (Å²) in [4.78, 5) is 44.8. The lowest BCUT2D eigenvalue weighted by atomic mass is 9.55. The number of carbonyl (C=O) groups is 3. The Balaban J connectivity index is 1.41. The minimum atomic E-state index is -0.706. The van der Waals surface area contributed by atoms with E-state index in [0.29, 0.717) is 5.56 Å². The molecule has 0 radical (unpaired) electrons. The molecule has 4 aliphatic rings. The van der Waals surface area contributed by atoms with Crippen LogP contribution in [0.15, 0.2) is 72.8 Å². The third-order valence-electron chi connectivity index (χ3n) is 6.87. The highest BCUT2D eigenvalue weighted by atomic mass is 16.7. The van der Waals surface area contributed by atoms with Gasteiger partial charge in [-0.15, -0.1) is 5.06 Å². The molecule has 3 aliphatic carbocycles. The molecule has 2 bridgehead atoms. The summed E-state index contributed by atoms with van der Waals surface area (Å²) in [6, 6.07) is 22.9. The predicted molar refractivity (Wildman–Crippen MR) is 112 cm³/mol. The van der Waals surface area contributed by atoms with Gasteiger partial charge >= 0.3 is 5.97 Å². The van der Waals surface area contributed by atoms with Gasteiger partial charge in [-0.1, -0.05) is 66.2 Å². The predicted octanol–water partition coefficient (Wildman–Crippen LogP) is 3.96. The van der Waals surface area contributed by atoms with Crippen LogP contribution in [0.1, 0.15) is 50.0 Å². The number of hydrogen-bond acceptors (Lipinski definition) is 4. The molecule has 0 saturated carbocycles. The van der Waals surface area contributed by atoms with Gasteiger partial charge in [-0.3, -0.25) is 9.59 Å². The van der Waals surface area contributed by atoms with Crippen molar-refractivity contribution in [3.63, 3.8) is 0 Å². The fourth-order valence-corrected chi connectivity index (χ4v) is 5.57. The van der Waals surface area contributed by atoms with Crippen molar-refractivity contribution in [2.24, 2.45) is 11.8 Å². The molecule has 2 atom stereocenters. The second kappa shape index (κ2) is 6.38. The fraction of sp³-hybridized carbons (Fsp3) is 0.192. The Morgan fingerprint density at radius 2 is 1.13 bits per heavy atom. The molecule has 0 aromatic heterocycles. The van der Waals surface area contributed by atoms with E-state index in [1.807, 2.05) is 55.5 Å². The molecule has 3 aromatic carbocycles. The van der Waals surface area contributed by atoms with Gasteiger partial charge in [0.05, 0.1) is 17.4 Å². The summed E-state index contributed by atoms with van der Waals surface area (Å²) >= 11 is 0. The number of hydroxylamine groups is 2. The largest absolute Gasteiger partial charge is 0.363 e. The first kappa shape index (κ1) is 18.1. The summed E-state index contributed by atoms with van der Waals surface area (Å²) in [5, 5.41) is 0.718. The van der Waals surface area contributed by atoms with Crippen LogP contribution in [0.5, 0.6) is 0 Å². The van der Waals surface area contributed by atoms with Crippen molar-refractivity contribution in [2.45, 2.75) is 18.8 Å². The number of nitrogens with zero attached hydrogens (tertiary/aromatic N) is 1. The number of benzene rings is 3. The molecule has 2 amide bonds. The first-order chi connectivity index (χ1) is 15.1. The van der Waals surface area contributed by atoms with Crippen molar-refractivity contribution in [3.8, 4) is 0 Å². The van der Waals surface area contributed by atoms with E-state index in [4.69, 9.17) is 4.84 Å². The third-order valence-corrected chi connectivity index (χ3v) is 6.87. The van der Waals surface area contributed by atoms with Crippen molar-refractivity contribution in [1.29, 1.82) is 0 Å². The van der Waals surface area contributed by atoms with Gasteiger partial charge < -0.3 is 4.84 Å². The number of amides is 2. The smallest absolute Gasteiger partial charge is 0.325 e. The minimum absolute atomic E-state index is 0.220. The molecule has 7 rings (SSSR count). The maximum atomic E-state index is 13.4. The molecule has 5 heteroatoms. The van der Waals surface area contributed by atoms with Crippen molar-refractivity contribution < 1.29 is 19.2 Å². The van der Waals surface area contributed by atoms with Crippen LogP contribution in [0.4, 0.5) is 0 Å². The molecule has 152 valence electrons. The zero-order chi connectivity index (χ0) is 21.3. The van der Waals surface area contributed by atoms with Crippen LogP contribution in [-0.2, 0) is 14.4 Å². The highest BCUT2D eigenvalue weighted by Gasteiger charge is 2.62. The average molecular weight is 409 g/mol. The Morgan fingerprint density at radius 3 is 1.55 bits per heavy atom. The van der Waals surface area contributed by atoms with Crippen LogP contribution in [0.3, 0.4) is 0 Å². The molecule has 3 aromatic rings. The van der Waals surface area contributed by atoms with Crippen molar-refractivity contribution in [2.75, 3.05) is 0 Å². The maximum Gasteiger partial charge on any atom is 0.363 e. The van der Waals surface area contributed by atoms with Gasteiger partial charge in [0.2, 0.25) is 0 Å². The molecule has 1 fully saturated rings. The molecular formula is C26H19NO4. The Labute approximate surface area is 179 Å². The van der Waals surface area contributed by atoms with Gasteiger partial charge in [-0.2, -0.15) is 0 Å². The van der Waals surface area contributed by atoms with E-state index >= 15 is 0 Å². The van der Waals surface area contributed by atoms with Gasteiger partial charge in [0, 0.05) is 11.8 Å². The van der Waals surface area contributed by atoms with Crippen LogP contribution < -0.4 is 0 Å². The van der Waals surface area contributed by atoms with Gasteiger partial charge in [0.25, 0.3) is 11.8 Å². The van der Waals surface area contributed by atoms with Crippen LogP contribution in [0.25, 0.3) is 0 Å². The molecule has 1 heterocycles. The van der Waals surface area contributed by atoms with Crippen molar-refractivity contribution >= 4 is 17.8 Å². The van der Waals surface area contributed by atoms with Gasteiger partial charge in [-0.25, -0.2) is 4.79 Å². The van der Waals surface area contributed by atoms with E-state index in [0.717, 1.165) is 32.9 Å². The standard InChI is InChI=1S/C26H19NO4/c1-14-10-12-15(13-11-14)26(30)31-27-24(28)22-20-16-6-2-3-7-17(16)21(23(22)25(27)29)19-9-5-4-8-18(19)20/h2-13,20-23H,1H3/t20?,21?,22-,23-/m1/s1. The molecule has 0 unspecified atom stereocenters. The Morgan fingerprint density at radius 1 is 0.710 bits per heavy atom. The second-order valence-corrected chi connectivity index (χ2v) is 8.48. The van der Waals surface area contributed by atoms with E-state index in [-0.39, 0.29) is 11.8 Å². The SMILES string of the molecule is Cc1ccc(C(=O)ON2C(=O)[C@@H]3C4c5ccccc5C(c5ccccc54)[C@H]3C2=O)cc1. The van der Waals surface area contributed by atoms with E-state index < -0.39 is 29.6 Å². The summed E-state index contributed by atoms with van der Waals surface area (Å²) in [5.74, 6) is -3.14. The number of imide groups is 1. The summed E-state index contributed by atoms with van der Waals surface area (Å²) in [6.07, 6.45) is 0. The zero-order valence-electron chi connectivity index (χ0n) is 16.8. The van der Waals surface area contributed by atoms with E-state index in [1.54, 1.807) is 24.3 Å². The topological polar surface area (TPSA) is 63.7 Å². The van der Waals surface area contributed by atoms with Crippen LogP contribution in [-0.4, -0.2) is 22.8 Å². The molecule has 31 heavy (non-hydrogen) atoms. The minimum Gasteiger partial charge on any atom is -0.325 e. The normalized spacial score (nSPS) is 25.1. The number of carbonyl (C=O) groups excluding carboxylic acids is 3. The maximum absolute atomic E-state index is 13.4. The summed E-state index contributed by atoms with van der Waals surface area (Å²) in [7, 11) is 0. The molecule has 1 saturated heterocycles. The molecule has 1 aliphatic heterocycles. The molecular weight excluding hydrogens is 390 g/mol. The van der Waals surface area contributed by atoms with Crippen LogP contribution in [0.2, 0.25) is 0 Å². The molecule has 5 nitrogen and oxygen atoms in total. The summed E-state index contributed by atoms with van der Waals surface area (Å²) < 4.78 is 0. The zero-order valence-corrected chi connectivity index (χ0v) is 16.8. The third kappa shape index (κ3) is 2.40. The highest BCUT2D eigenvalue weighted by Crippen LogP contribution is 2.60. The van der Waals surface area contributed by atoms with Gasteiger partial charge in [0.15, 0.2) is 0 Å². The van der Waals surface area contributed by atoms with Crippen molar-refractivity contribution in [1.82, 2.24) is 5.06 Å². The fourth-order valence-electron chi connectivity index (χ4n) is 5.57. The monoisotopic (exact) mass is 409 g/mol. The Bertz CT molecular complexity index is 1150. The lowest BCUT2D eigenvalue weighted by molar-refractivity contribution is -0.174. The highest BCUT2D eigenvalue weighted by molar-refractivity contribution is 6.08. The lowest BCUT2D eigenvalue weighted by Gasteiger charge is -2.45. The second-order valence-electron chi connectivity index (χ2n) is 8.48. The van der Waals surface area contributed by atoms with E-state index in [1.165, 1.54) is 0 Å². The Kier molecular flexibility index (Phi) is 3.72. The Hall–Kier alpha value is -3.73. The molecule has 0 spiro atoms. The van der Waals surface area contributed by atoms with Crippen molar-refractivity contribution in [3.05, 3.63) is 106 Å². The van der Waals surface area contributed by atoms with E-state index in [2.05, 4.69) is 0 Å². The number of hydrogen-bond donors (Lipinski definition) is 0. The first-order valence-corrected chi connectivity index (χ1v) is 10.4. The number of aryl methyl sites for hydroxylation is 1. The lowest BCUT2D eigenvalue weighted by Crippen LogP contribution is -2.41. The molecule has 0 N–H and O–H groups in total. The van der Waals surface area contributed by atoms with Gasteiger partial charge in [-0.05, 0) is 41.3 Å².